The fourth-order valence-corrected chi connectivity index (χ4v) is 1.75. The molecule has 0 aromatic rings. The molecule has 0 atom stereocenters. The van der Waals surface area contributed by atoms with E-state index < -0.39 is 0 Å². The highest BCUT2D eigenvalue weighted by molar-refractivity contribution is 4.58. The van der Waals surface area contributed by atoms with Crippen molar-refractivity contribution in [2.75, 3.05) is 13.2 Å². The molecule has 2 nitrogen and oxygen atoms in total. The molecule has 1 aliphatic heterocycles. The quantitative estimate of drug-likeness (QED) is 0.630. The molecule has 1 aliphatic carbocycles. The Hall–Kier alpha value is -0.0800. The molecule has 0 aromatic heterocycles. The van der Waals surface area contributed by atoms with E-state index in [9.17, 15) is 0 Å². The van der Waals surface area contributed by atoms with E-state index in [4.69, 9.17) is 9.84 Å². The van der Waals surface area contributed by atoms with Crippen molar-refractivity contribution < 1.29 is 9.84 Å². The van der Waals surface area contributed by atoms with Crippen LogP contribution in [0.15, 0.2) is 0 Å². The van der Waals surface area contributed by atoms with E-state index in [2.05, 4.69) is 0 Å². The van der Waals surface area contributed by atoms with Crippen molar-refractivity contribution in [3.63, 3.8) is 0 Å². The van der Waals surface area contributed by atoms with Crippen molar-refractivity contribution >= 4 is 0 Å². The smallest absolute Gasteiger partial charge is 0.0584 e. The molecule has 78 valence electrons. The summed E-state index contributed by atoms with van der Waals surface area (Å²) in [6.45, 7) is 1.47. The third kappa shape index (κ3) is 6.05. The van der Waals surface area contributed by atoms with E-state index in [0.717, 1.165) is 26.1 Å². The summed E-state index contributed by atoms with van der Waals surface area (Å²) in [4.78, 5) is 0. The van der Waals surface area contributed by atoms with Gasteiger partial charge in [0.15, 0.2) is 0 Å². The maximum absolute atomic E-state index is 8.83. The zero-order valence-corrected chi connectivity index (χ0v) is 8.50. The van der Waals surface area contributed by atoms with Gasteiger partial charge in [-0.25, -0.2) is 0 Å². The number of hydrogen-bond acceptors (Lipinski definition) is 2. The van der Waals surface area contributed by atoms with E-state index in [1.165, 1.54) is 38.5 Å². The SMILES string of the molecule is C1CCCCC1.OC1CCOCC1. The molecule has 0 amide bonds. The number of hydrogen-bond donors (Lipinski definition) is 1. The van der Waals surface area contributed by atoms with Crippen molar-refractivity contribution in [3.05, 3.63) is 0 Å². The lowest BCUT2D eigenvalue weighted by atomic mass is 10.0. The van der Waals surface area contributed by atoms with Crippen molar-refractivity contribution in [1.29, 1.82) is 0 Å². The molecule has 1 N–H and O–H groups in total. The second-order valence-electron chi connectivity index (χ2n) is 3.96. The van der Waals surface area contributed by atoms with Crippen LogP contribution in [-0.2, 0) is 4.74 Å². The first-order valence-electron chi connectivity index (χ1n) is 5.65. The molecule has 0 spiro atoms. The first kappa shape index (κ1) is 11.0. The Bertz CT molecular complexity index is 93.1. The number of aliphatic hydroxyl groups is 1. The fraction of sp³-hybridized carbons (Fsp3) is 1.00. The number of aliphatic hydroxyl groups excluding tert-OH is 1. The molecule has 0 bridgehead atoms. The average molecular weight is 186 g/mol. The number of rotatable bonds is 0. The molecule has 1 saturated carbocycles. The summed E-state index contributed by atoms with van der Waals surface area (Å²) >= 11 is 0. The normalized spacial score (nSPS) is 24.7. The Kier molecular flexibility index (Phi) is 6.21. The van der Waals surface area contributed by atoms with E-state index in [1.807, 2.05) is 0 Å². The van der Waals surface area contributed by atoms with E-state index in [-0.39, 0.29) is 6.10 Å². The maximum Gasteiger partial charge on any atom is 0.0584 e. The molecule has 1 saturated heterocycles. The lowest BCUT2D eigenvalue weighted by molar-refractivity contribution is 0.0140. The minimum Gasteiger partial charge on any atom is -0.393 e. The third-order valence-electron chi connectivity index (χ3n) is 2.69. The van der Waals surface area contributed by atoms with Crippen LogP contribution < -0.4 is 0 Å². The van der Waals surface area contributed by atoms with Gasteiger partial charge < -0.3 is 9.84 Å². The van der Waals surface area contributed by atoms with Crippen LogP contribution in [0.25, 0.3) is 0 Å². The van der Waals surface area contributed by atoms with E-state index in [0.29, 0.717) is 0 Å². The molecule has 2 heteroatoms. The maximum atomic E-state index is 8.83. The Morgan fingerprint density at radius 3 is 1.38 bits per heavy atom. The molecule has 0 aromatic carbocycles. The van der Waals surface area contributed by atoms with Gasteiger partial charge in [0.1, 0.15) is 0 Å². The number of ether oxygens (including phenoxy) is 1. The average Bonchev–Trinajstić information content (AvgIpc) is 2.22. The van der Waals surface area contributed by atoms with E-state index in [1.54, 1.807) is 0 Å². The van der Waals surface area contributed by atoms with Crippen LogP contribution in [0.3, 0.4) is 0 Å². The van der Waals surface area contributed by atoms with Gasteiger partial charge in [-0.15, -0.1) is 0 Å². The van der Waals surface area contributed by atoms with Gasteiger partial charge in [0, 0.05) is 13.2 Å². The van der Waals surface area contributed by atoms with Crippen molar-refractivity contribution in [2.24, 2.45) is 0 Å². The molecule has 2 fully saturated rings. The highest BCUT2D eigenvalue weighted by atomic mass is 16.5. The minimum atomic E-state index is -0.0891. The molecule has 1 heterocycles. The van der Waals surface area contributed by atoms with Gasteiger partial charge in [-0.3, -0.25) is 0 Å². The summed E-state index contributed by atoms with van der Waals surface area (Å²) in [6, 6.07) is 0. The summed E-state index contributed by atoms with van der Waals surface area (Å²) in [5, 5.41) is 8.83. The Balaban J connectivity index is 0.000000132. The lowest BCUT2D eigenvalue weighted by Crippen LogP contribution is -2.19. The van der Waals surface area contributed by atoms with Crippen LogP contribution in [0.4, 0.5) is 0 Å². The summed E-state index contributed by atoms with van der Waals surface area (Å²) in [5.41, 5.74) is 0. The van der Waals surface area contributed by atoms with Gasteiger partial charge in [-0.05, 0) is 12.8 Å². The van der Waals surface area contributed by atoms with Gasteiger partial charge in [-0.1, -0.05) is 38.5 Å². The van der Waals surface area contributed by atoms with Gasteiger partial charge >= 0.3 is 0 Å². The standard InChI is InChI=1S/C6H12.C5H10O2/c1-2-4-6-5-3-1;6-5-1-3-7-4-2-5/h1-6H2;5-6H,1-4H2. The highest BCUT2D eigenvalue weighted by Gasteiger charge is 2.07. The molecule has 2 aliphatic rings. The topological polar surface area (TPSA) is 29.5 Å². The van der Waals surface area contributed by atoms with Crippen molar-refractivity contribution in [2.45, 2.75) is 57.5 Å². The lowest BCUT2D eigenvalue weighted by Gasteiger charge is -2.15. The second kappa shape index (κ2) is 7.34. The van der Waals surface area contributed by atoms with Crippen LogP contribution in [0.5, 0.6) is 0 Å². The predicted octanol–water partition coefficient (Wildman–Crippen LogP) is 2.50. The zero-order valence-electron chi connectivity index (χ0n) is 8.50. The summed E-state index contributed by atoms with van der Waals surface area (Å²) in [5.74, 6) is 0. The van der Waals surface area contributed by atoms with Crippen LogP contribution in [0.1, 0.15) is 51.4 Å². The monoisotopic (exact) mass is 186 g/mol. The predicted molar refractivity (Wildman–Crippen MR) is 53.8 cm³/mol. The first-order valence-corrected chi connectivity index (χ1v) is 5.65. The summed E-state index contributed by atoms with van der Waals surface area (Å²) < 4.78 is 4.98. The van der Waals surface area contributed by atoms with Crippen LogP contribution in [0, 0.1) is 0 Å². The molecule has 2 rings (SSSR count). The van der Waals surface area contributed by atoms with Gasteiger partial charge in [0.2, 0.25) is 0 Å². The largest absolute Gasteiger partial charge is 0.393 e. The highest BCUT2D eigenvalue weighted by Crippen LogP contribution is 2.15. The van der Waals surface area contributed by atoms with Crippen LogP contribution in [-0.4, -0.2) is 24.4 Å². The Morgan fingerprint density at radius 2 is 1.15 bits per heavy atom. The van der Waals surface area contributed by atoms with Gasteiger partial charge in [0.25, 0.3) is 0 Å². The van der Waals surface area contributed by atoms with Crippen LogP contribution >= 0.6 is 0 Å². The summed E-state index contributed by atoms with van der Waals surface area (Å²) in [6.07, 6.45) is 10.5. The van der Waals surface area contributed by atoms with E-state index >= 15 is 0 Å². The Morgan fingerprint density at radius 1 is 0.769 bits per heavy atom. The molecular weight excluding hydrogens is 164 g/mol. The Labute approximate surface area is 81.3 Å². The van der Waals surface area contributed by atoms with Crippen LogP contribution in [0.2, 0.25) is 0 Å². The van der Waals surface area contributed by atoms with Gasteiger partial charge in [0.05, 0.1) is 6.10 Å². The fourth-order valence-electron chi connectivity index (χ4n) is 1.75. The minimum absolute atomic E-state index is 0.0891. The summed E-state index contributed by atoms with van der Waals surface area (Å²) in [7, 11) is 0. The molecule has 13 heavy (non-hydrogen) atoms. The van der Waals surface area contributed by atoms with Crippen molar-refractivity contribution in [1.82, 2.24) is 0 Å². The second-order valence-corrected chi connectivity index (χ2v) is 3.96. The first-order chi connectivity index (χ1) is 6.39. The van der Waals surface area contributed by atoms with Crippen molar-refractivity contribution in [3.8, 4) is 0 Å². The molecule has 0 radical (unpaired) electrons. The zero-order chi connectivity index (χ0) is 9.36. The molecular formula is C11H22O2. The van der Waals surface area contributed by atoms with Gasteiger partial charge in [-0.2, -0.15) is 0 Å². The molecule has 0 unspecified atom stereocenters. The third-order valence-corrected chi connectivity index (χ3v) is 2.69.